The van der Waals surface area contributed by atoms with Gasteiger partial charge in [-0.05, 0) is 184 Å². The summed E-state index contributed by atoms with van der Waals surface area (Å²) >= 11 is 3.73. The lowest BCUT2D eigenvalue weighted by Gasteiger charge is -2.10. The van der Waals surface area contributed by atoms with E-state index in [4.69, 9.17) is 0 Å². The van der Waals surface area contributed by atoms with Gasteiger partial charge in [-0.2, -0.15) is 0 Å². The summed E-state index contributed by atoms with van der Waals surface area (Å²) in [6.07, 6.45) is 0. The van der Waals surface area contributed by atoms with Gasteiger partial charge in [-0.1, -0.05) is 224 Å². The summed E-state index contributed by atoms with van der Waals surface area (Å²) in [7, 11) is 0. The van der Waals surface area contributed by atoms with E-state index < -0.39 is 0 Å². The normalized spacial score (nSPS) is 11.9. The van der Waals surface area contributed by atoms with Gasteiger partial charge in [-0.15, -0.1) is 22.7 Å². The average Bonchev–Trinajstić information content (AvgIpc) is 1.58. The molecule has 0 amide bonds. The van der Waals surface area contributed by atoms with Crippen LogP contribution in [-0.2, 0) is 0 Å². The molecule has 16 aromatic carbocycles. The topological polar surface area (TPSA) is 19.7 Å². The Kier molecular flexibility index (Phi) is 13.3. The fourth-order valence-electron chi connectivity index (χ4n) is 16.3. The zero-order chi connectivity index (χ0) is 66.9. The van der Waals surface area contributed by atoms with E-state index in [-0.39, 0.29) is 0 Å². The first-order chi connectivity index (χ1) is 50.6. The van der Waals surface area contributed by atoms with Crippen LogP contribution in [0.1, 0.15) is 0 Å². The summed E-state index contributed by atoms with van der Waals surface area (Å²) < 4.78 is 15.0. The van der Waals surface area contributed by atoms with Crippen molar-refractivity contribution in [3.05, 3.63) is 364 Å². The number of thiophene rings is 2. The molecule has 0 aliphatic carbocycles. The molecule has 6 aromatic heterocycles. The summed E-state index contributed by atoms with van der Waals surface area (Å²) in [5, 5.41) is 15.4. The number of aromatic nitrogens is 4. The van der Waals surface area contributed by atoms with Gasteiger partial charge in [0.25, 0.3) is 0 Å². The maximum Gasteiger partial charge on any atom is 0.0541 e. The second-order valence-corrected chi connectivity index (χ2v) is 28.9. The van der Waals surface area contributed by atoms with E-state index in [2.05, 4.69) is 382 Å². The SMILES string of the molecule is c1ccc(-c2ccc(-n3c4ccccc4c4cc(-c5ccc6c(c5)c5ccccc5n6-c5ccc6c(c5)sc5ccccc56)ccc43)cc2)cc1.c1ccc(-c2ccc(-n3c4ccccc4c4cc(-c5ccc6c(c5)c5ccccc5n6-c5ccc6sc7ccccc7c6c5)ccc43)cc2)cc1. The molecule has 0 saturated heterocycles. The molecule has 0 spiro atoms. The molecule has 6 heterocycles. The summed E-state index contributed by atoms with van der Waals surface area (Å²) in [5.74, 6) is 0. The quantitative estimate of drug-likeness (QED) is 0.144. The molecule has 0 N–H and O–H groups in total. The van der Waals surface area contributed by atoms with Gasteiger partial charge in [0.2, 0.25) is 0 Å². The fourth-order valence-corrected chi connectivity index (χ4v) is 18.5. The first-order valence-corrected chi connectivity index (χ1v) is 36.5. The highest BCUT2D eigenvalue weighted by atomic mass is 32.1. The van der Waals surface area contributed by atoms with E-state index in [1.54, 1.807) is 0 Å². The third-order valence-electron chi connectivity index (χ3n) is 21.1. The van der Waals surface area contributed by atoms with Gasteiger partial charge in [-0.3, -0.25) is 0 Å². The lowest BCUT2D eigenvalue weighted by atomic mass is 10.0. The molecule has 102 heavy (non-hydrogen) atoms. The van der Waals surface area contributed by atoms with Crippen LogP contribution in [0.15, 0.2) is 364 Å². The van der Waals surface area contributed by atoms with Crippen molar-refractivity contribution in [1.29, 1.82) is 0 Å². The molecule has 0 atom stereocenters. The van der Waals surface area contributed by atoms with Crippen molar-refractivity contribution in [2.75, 3.05) is 0 Å². The Labute approximate surface area is 595 Å². The third-order valence-corrected chi connectivity index (χ3v) is 23.3. The number of hydrogen-bond donors (Lipinski definition) is 0. The van der Waals surface area contributed by atoms with E-state index >= 15 is 0 Å². The molecular weight excluding hydrogens is 1270 g/mol. The second-order valence-electron chi connectivity index (χ2n) is 26.7. The zero-order valence-corrected chi connectivity index (χ0v) is 56.9. The molecule has 0 radical (unpaired) electrons. The molecule has 0 unspecified atom stereocenters. The van der Waals surface area contributed by atoms with Crippen LogP contribution in [0.5, 0.6) is 0 Å². The monoisotopic (exact) mass is 1330 g/mol. The first kappa shape index (κ1) is 58.2. The zero-order valence-electron chi connectivity index (χ0n) is 55.2. The third kappa shape index (κ3) is 9.34. The Morgan fingerprint density at radius 3 is 0.814 bits per heavy atom. The first-order valence-electron chi connectivity index (χ1n) is 34.9. The van der Waals surface area contributed by atoms with Gasteiger partial charge in [-0.25, -0.2) is 0 Å². The number of hydrogen-bond acceptors (Lipinski definition) is 2. The van der Waals surface area contributed by atoms with Crippen LogP contribution < -0.4 is 0 Å². The van der Waals surface area contributed by atoms with Crippen LogP contribution in [0, 0.1) is 0 Å². The van der Waals surface area contributed by atoms with Gasteiger partial charge < -0.3 is 18.3 Å². The molecule has 0 bridgehead atoms. The molecule has 22 rings (SSSR count). The minimum atomic E-state index is 1.16. The largest absolute Gasteiger partial charge is 0.309 e. The van der Waals surface area contributed by atoms with E-state index in [1.807, 2.05) is 22.7 Å². The van der Waals surface area contributed by atoms with Crippen LogP contribution in [0.4, 0.5) is 0 Å². The number of rotatable bonds is 8. The number of fused-ring (bicyclic) bond motifs is 18. The van der Waals surface area contributed by atoms with Crippen molar-refractivity contribution in [2.45, 2.75) is 0 Å². The van der Waals surface area contributed by atoms with Crippen molar-refractivity contribution in [3.63, 3.8) is 0 Å². The molecule has 22 aromatic rings. The summed E-state index contributed by atoms with van der Waals surface area (Å²) in [4.78, 5) is 0. The van der Waals surface area contributed by atoms with E-state index in [0.29, 0.717) is 0 Å². The number of para-hydroxylation sites is 4. The summed E-state index contributed by atoms with van der Waals surface area (Å²) in [6.45, 7) is 0. The van der Waals surface area contributed by atoms with Crippen molar-refractivity contribution in [1.82, 2.24) is 18.3 Å². The Balaban J connectivity index is 0.000000133. The Morgan fingerprint density at radius 1 is 0.137 bits per heavy atom. The van der Waals surface area contributed by atoms with E-state index in [0.717, 1.165) is 11.4 Å². The molecule has 6 heteroatoms. The minimum Gasteiger partial charge on any atom is -0.309 e. The molecule has 0 aliphatic heterocycles. The van der Waals surface area contributed by atoms with Crippen LogP contribution in [0.3, 0.4) is 0 Å². The highest BCUT2D eigenvalue weighted by Gasteiger charge is 2.21. The van der Waals surface area contributed by atoms with Crippen LogP contribution in [-0.4, -0.2) is 18.3 Å². The lowest BCUT2D eigenvalue weighted by molar-refractivity contribution is 1.18. The van der Waals surface area contributed by atoms with Crippen molar-refractivity contribution in [2.24, 2.45) is 0 Å². The number of benzene rings is 16. The molecule has 476 valence electrons. The van der Waals surface area contributed by atoms with Gasteiger partial charge in [0.1, 0.15) is 0 Å². The minimum absolute atomic E-state index is 1.16. The molecular formula is C96H60N4S2. The summed E-state index contributed by atoms with van der Waals surface area (Å²) in [6, 6.07) is 133. The molecule has 0 fully saturated rings. The smallest absolute Gasteiger partial charge is 0.0541 e. The Morgan fingerprint density at radius 2 is 0.402 bits per heavy atom. The fraction of sp³-hybridized carbons (Fsp3) is 0. The Bertz CT molecular complexity index is 7090. The molecule has 4 nitrogen and oxygen atoms in total. The van der Waals surface area contributed by atoms with Gasteiger partial charge >= 0.3 is 0 Å². The standard InChI is InChI=1S/2C48H30N2S/c1-2-10-31(11-3-1)32-18-22-35(23-19-32)49-43-15-7-4-12-37(43)41-28-33(20-26-45(41)49)34-21-27-46-42(29-34)38-13-5-8-16-44(38)50(46)36-24-25-40-39-14-6-9-17-47(39)51-48(40)30-36;1-2-10-31(11-3-1)32-18-22-35(23-19-32)49-43-15-7-4-12-37(43)40-28-33(20-25-45(40)49)34-21-26-46-41(29-34)38-13-5-8-16-44(38)50(46)36-24-27-48-42(30-36)39-14-6-9-17-47(39)51-48/h2*1-30H. The second kappa shape index (κ2) is 23.4. The summed E-state index contributed by atoms with van der Waals surface area (Å²) in [5.41, 5.74) is 24.2. The van der Waals surface area contributed by atoms with Gasteiger partial charge in [0, 0.05) is 106 Å². The number of nitrogens with zero attached hydrogens (tertiary/aromatic N) is 4. The maximum atomic E-state index is 2.43. The maximum absolute atomic E-state index is 2.43. The van der Waals surface area contributed by atoms with Crippen molar-refractivity contribution >= 4 is 150 Å². The highest BCUT2D eigenvalue weighted by molar-refractivity contribution is 7.26. The Hall–Kier alpha value is -12.8. The molecule has 0 aliphatic rings. The van der Waals surface area contributed by atoms with Crippen LogP contribution >= 0.6 is 22.7 Å². The average molecular weight is 1330 g/mol. The van der Waals surface area contributed by atoms with E-state index in [9.17, 15) is 0 Å². The predicted octanol–water partition coefficient (Wildman–Crippen LogP) is 27.2. The van der Waals surface area contributed by atoms with Crippen molar-refractivity contribution in [3.8, 4) is 67.3 Å². The van der Waals surface area contributed by atoms with Crippen LogP contribution in [0.25, 0.3) is 195 Å². The van der Waals surface area contributed by atoms with E-state index in [1.165, 1.54) is 183 Å². The van der Waals surface area contributed by atoms with Crippen LogP contribution in [0.2, 0.25) is 0 Å². The molecule has 0 saturated carbocycles. The van der Waals surface area contributed by atoms with Gasteiger partial charge in [0.05, 0.1) is 44.1 Å². The van der Waals surface area contributed by atoms with Crippen molar-refractivity contribution < 1.29 is 0 Å². The predicted molar refractivity (Wildman–Crippen MR) is 438 cm³/mol. The lowest BCUT2D eigenvalue weighted by Crippen LogP contribution is -1.94. The van der Waals surface area contributed by atoms with Gasteiger partial charge in [0.15, 0.2) is 0 Å². The highest BCUT2D eigenvalue weighted by Crippen LogP contribution is 2.44.